The molecule has 0 saturated heterocycles. The van der Waals surface area contributed by atoms with Crippen LogP contribution in [0.3, 0.4) is 0 Å². The summed E-state index contributed by atoms with van der Waals surface area (Å²) in [5, 5.41) is 11.6. The fraction of sp³-hybridized carbons (Fsp3) is 0.875. The zero-order valence-electron chi connectivity index (χ0n) is 6.71. The number of fused-ring (bicyclic) bond motifs is 2. The molecule has 1 saturated carbocycles. The molecule has 3 heteroatoms. The summed E-state index contributed by atoms with van der Waals surface area (Å²) >= 11 is 1.83. The van der Waals surface area contributed by atoms with Gasteiger partial charge in [0.05, 0.1) is 5.04 Å². The number of hydrogen-bond acceptors (Lipinski definition) is 3. The molecule has 0 radical (unpaired) electrons. The second-order valence-corrected chi connectivity index (χ2v) is 4.94. The molecule has 1 aliphatic carbocycles. The molecule has 2 nitrogen and oxygen atoms in total. The van der Waals surface area contributed by atoms with E-state index in [1.807, 2.05) is 18.7 Å². The van der Waals surface area contributed by atoms with Crippen molar-refractivity contribution in [3.8, 4) is 0 Å². The van der Waals surface area contributed by atoms with Crippen LogP contribution in [0.25, 0.3) is 0 Å². The van der Waals surface area contributed by atoms with E-state index in [4.69, 9.17) is 0 Å². The van der Waals surface area contributed by atoms with Gasteiger partial charge < -0.3 is 5.11 Å². The first kappa shape index (κ1) is 7.62. The van der Waals surface area contributed by atoms with Crippen LogP contribution in [-0.4, -0.2) is 21.1 Å². The lowest BCUT2D eigenvalue weighted by molar-refractivity contribution is 0.0142. The highest BCUT2D eigenvalue weighted by Crippen LogP contribution is 2.40. The molecular weight excluding hydrogens is 158 g/mol. The molecule has 0 aromatic carbocycles. The Kier molecular flexibility index (Phi) is 1.72. The van der Waals surface area contributed by atoms with E-state index in [-0.39, 0.29) is 0 Å². The highest BCUT2D eigenvalue weighted by atomic mass is 32.2. The molecule has 2 bridgehead atoms. The standard InChI is InChI=1S/C8H13NOS/c1-6-9-8(10)4-2-3-7(5-8)11-6/h7,10H,2-5H2,1H3/t7-,8-/m1/s1. The predicted octanol–water partition coefficient (Wildman–Crippen LogP) is 1.78. The van der Waals surface area contributed by atoms with E-state index in [0.29, 0.717) is 5.25 Å². The van der Waals surface area contributed by atoms with Crippen LogP contribution in [0.4, 0.5) is 0 Å². The van der Waals surface area contributed by atoms with Gasteiger partial charge in [-0.3, -0.25) is 0 Å². The van der Waals surface area contributed by atoms with Crippen LogP contribution in [0.15, 0.2) is 4.99 Å². The number of hydrogen-bond donors (Lipinski definition) is 1. The lowest BCUT2D eigenvalue weighted by Crippen LogP contribution is -2.38. The van der Waals surface area contributed by atoms with E-state index >= 15 is 0 Å². The molecule has 1 N–H and O–H groups in total. The summed E-state index contributed by atoms with van der Waals surface area (Å²) in [6.07, 6.45) is 4.11. The van der Waals surface area contributed by atoms with Crippen molar-refractivity contribution >= 4 is 16.8 Å². The average Bonchev–Trinajstić information content (AvgIpc) is 1.82. The van der Waals surface area contributed by atoms with Gasteiger partial charge in [-0.1, -0.05) is 0 Å². The van der Waals surface area contributed by atoms with Gasteiger partial charge in [0.15, 0.2) is 5.72 Å². The van der Waals surface area contributed by atoms with Crippen molar-refractivity contribution in [1.29, 1.82) is 0 Å². The second-order valence-electron chi connectivity index (χ2n) is 3.45. The van der Waals surface area contributed by atoms with E-state index < -0.39 is 5.72 Å². The molecule has 0 unspecified atom stereocenters. The Hall–Kier alpha value is -0.0200. The topological polar surface area (TPSA) is 32.6 Å². The molecule has 0 spiro atoms. The van der Waals surface area contributed by atoms with Crippen molar-refractivity contribution in [1.82, 2.24) is 0 Å². The van der Waals surface area contributed by atoms with Gasteiger partial charge in [-0.15, -0.1) is 11.8 Å². The Morgan fingerprint density at radius 1 is 1.73 bits per heavy atom. The van der Waals surface area contributed by atoms with E-state index in [2.05, 4.69) is 4.99 Å². The zero-order valence-corrected chi connectivity index (χ0v) is 7.52. The van der Waals surface area contributed by atoms with Gasteiger partial charge in [-0.25, -0.2) is 4.99 Å². The van der Waals surface area contributed by atoms with Crippen molar-refractivity contribution in [3.63, 3.8) is 0 Å². The fourth-order valence-electron chi connectivity index (χ4n) is 1.94. The van der Waals surface area contributed by atoms with Gasteiger partial charge in [0.2, 0.25) is 0 Å². The summed E-state index contributed by atoms with van der Waals surface area (Å²) in [6, 6.07) is 0. The normalized spacial score (nSPS) is 43.5. The monoisotopic (exact) mass is 171 g/mol. The molecular formula is C8H13NOS. The predicted molar refractivity (Wildman–Crippen MR) is 47.9 cm³/mol. The van der Waals surface area contributed by atoms with Crippen molar-refractivity contribution < 1.29 is 5.11 Å². The van der Waals surface area contributed by atoms with Crippen LogP contribution in [-0.2, 0) is 0 Å². The Labute approximate surface area is 71.1 Å². The van der Waals surface area contributed by atoms with Gasteiger partial charge in [0.1, 0.15) is 0 Å². The Morgan fingerprint density at radius 2 is 2.55 bits per heavy atom. The quantitative estimate of drug-likeness (QED) is 0.602. The minimum Gasteiger partial charge on any atom is -0.369 e. The van der Waals surface area contributed by atoms with Gasteiger partial charge >= 0.3 is 0 Å². The highest BCUT2D eigenvalue weighted by molar-refractivity contribution is 8.14. The Morgan fingerprint density at radius 3 is 3.27 bits per heavy atom. The maximum absolute atomic E-state index is 9.87. The molecule has 2 aliphatic rings. The van der Waals surface area contributed by atoms with Crippen molar-refractivity contribution in [2.75, 3.05) is 0 Å². The summed E-state index contributed by atoms with van der Waals surface area (Å²) < 4.78 is 0. The van der Waals surface area contributed by atoms with Crippen molar-refractivity contribution in [2.45, 2.75) is 43.6 Å². The molecule has 1 fully saturated rings. The van der Waals surface area contributed by atoms with Crippen LogP contribution in [0.1, 0.15) is 32.6 Å². The summed E-state index contributed by atoms with van der Waals surface area (Å²) in [4.78, 5) is 4.27. The van der Waals surface area contributed by atoms with Crippen molar-refractivity contribution in [3.05, 3.63) is 0 Å². The number of rotatable bonds is 0. The molecule has 1 aliphatic heterocycles. The third-order valence-electron chi connectivity index (χ3n) is 2.36. The summed E-state index contributed by atoms with van der Waals surface area (Å²) in [5.41, 5.74) is -0.682. The fourth-order valence-corrected chi connectivity index (χ4v) is 3.28. The maximum Gasteiger partial charge on any atom is 0.157 e. The SMILES string of the molecule is CC1=N[C@@]2(O)CCC[C@H](C2)S1. The molecule has 0 aromatic rings. The largest absolute Gasteiger partial charge is 0.369 e. The molecule has 0 amide bonds. The Balaban J connectivity index is 2.25. The van der Waals surface area contributed by atoms with E-state index in [1.54, 1.807) is 0 Å². The average molecular weight is 171 g/mol. The van der Waals surface area contributed by atoms with Crippen LogP contribution in [0.5, 0.6) is 0 Å². The molecule has 2 atom stereocenters. The van der Waals surface area contributed by atoms with Gasteiger partial charge in [0.25, 0.3) is 0 Å². The summed E-state index contributed by atoms with van der Waals surface area (Å²) in [6.45, 7) is 1.99. The highest BCUT2D eigenvalue weighted by Gasteiger charge is 2.37. The first-order valence-corrected chi connectivity index (χ1v) is 5.01. The lowest BCUT2D eigenvalue weighted by atomic mass is 9.91. The number of aliphatic hydroxyl groups is 1. The minimum absolute atomic E-state index is 0.631. The lowest BCUT2D eigenvalue weighted by Gasteiger charge is -2.37. The third-order valence-corrected chi connectivity index (χ3v) is 3.53. The van der Waals surface area contributed by atoms with Crippen LogP contribution < -0.4 is 0 Å². The number of aliphatic imine (C=N–C) groups is 1. The van der Waals surface area contributed by atoms with E-state index in [9.17, 15) is 5.11 Å². The summed E-state index contributed by atoms with van der Waals surface area (Å²) in [7, 11) is 0. The number of thioether (sulfide) groups is 1. The van der Waals surface area contributed by atoms with Crippen molar-refractivity contribution in [2.24, 2.45) is 4.99 Å². The second kappa shape index (κ2) is 2.49. The van der Waals surface area contributed by atoms with Gasteiger partial charge in [0, 0.05) is 11.7 Å². The zero-order chi connectivity index (χ0) is 7.90. The minimum atomic E-state index is -0.682. The molecule has 2 rings (SSSR count). The number of nitrogens with zero attached hydrogens (tertiary/aromatic N) is 1. The smallest absolute Gasteiger partial charge is 0.157 e. The summed E-state index contributed by atoms with van der Waals surface area (Å²) in [5.74, 6) is 0. The van der Waals surface area contributed by atoms with Gasteiger partial charge in [-0.05, 0) is 26.2 Å². The first-order chi connectivity index (χ1) is 5.18. The molecule has 0 aromatic heterocycles. The third kappa shape index (κ3) is 1.44. The van der Waals surface area contributed by atoms with E-state index in [0.717, 1.165) is 24.3 Å². The molecule has 1 heterocycles. The molecule has 62 valence electrons. The van der Waals surface area contributed by atoms with Crippen LogP contribution >= 0.6 is 11.8 Å². The van der Waals surface area contributed by atoms with Crippen LogP contribution in [0.2, 0.25) is 0 Å². The maximum atomic E-state index is 9.87. The Bertz CT molecular complexity index is 204. The molecule has 11 heavy (non-hydrogen) atoms. The van der Waals surface area contributed by atoms with Gasteiger partial charge in [-0.2, -0.15) is 0 Å². The van der Waals surface area contributed by atoms with Crippen LogP contribution in [0, 0.1) is 0 Å². The van der Waals surface area contributed by atoms with E-state index in [1.165, 1.54) is 6.42 Å². The first-order valence-electron chi connectivity index (χ1n) is 4.13.